The topological polar surface area (TPSA) is 29.3 Å². The molecule has 0 aromatic rings. The second-order valence-corrected chi connectivity index (χ2v) is 5.87. The molecule has 0 aromatic carbocycles. The van der Waals surface area contributed by atoms with E-state index in [1.165, 1.54) is 43.7 Å². The maximum atomic E-state index is 6.03. The second kappa shape index (κ2) is 4.42. The van der Waals surface area contributed by atoms with Gasteiger partial charge in [0.15, 0.2) is 0 Å². The average molecular weight is 214 g/mol. The van der Waals surface area contributed by atoms with E-state index in [2.05, 4.69) is 23.6 Å². The van der Waals surface area contributed by atoms with Gasteiger partial charge in [0.25, 0.3) is 0 Å². The number of thioether (sulfide) groups is 1. The molecule has 2 nitrogen and oxygen atoms in total. The fraction of sp³-hybridized carbons (Fsp3) is 1.00. The van der Waals surface area contributed by atoms with Crippen molar-refractivity contribution in [3.63, 3.8) is 0 Å². The van der Waals surface area contributed by atoms with E-state index in [0.29, 0.717) is 5.54 Å². The van der Waals surface area contributed by atoms with Crippen molar-refractivity contribution < 1.29 is 0 Å². The second-order valence-electron chi connectivity index (χ2n) is 4.77. The third kappa shape index (κ3) is 1.82. The summed E-state index contributed by atoms with van der Waals surface area (Å²) in [4.78, 5) is 2.69. The predicted octanol–water partition coefficient (Wildman–Crippen LogP) is 1.70. The Bertz CT molecular complexity index is 190. The van der Waals surface area contributed by atoms with Crippen LogP contribution in [0.25, 0.3) is 0 Å². The van der Waals surface area contributed by atoms with Crippen molar-refractivity contribution in [1.82, 2.24) is 4.90 Å². The summed E-state index contributed by atoms with van der Waals surface area (Å²) in [5, 5.41) is 0. The smallest absolute Gasteiger partial charge is 0.0425 e. The van der Waals surface area contributed by atoms with Crippen LogP contribution in [0, 0.1) is 0 Å². The molecule has 2 saturated heterocycles. The first-order valence-electron chi connectivity index (χ1n) is 5.83. The molecule has 2 N–H and O–H groups in total. The van der Waals surface area contributed by atoms with E-state index in [-0.39, 0.29) is 0 Å². The minimum Gasteiger partial charge on any atom is -0.329 e. The van der Waals surface area contributed by atoms with Gasteiger partial charge in [-0.2, -0.15) is 11.8 Å². The fourth-order valence-corrected chi connectivity index (χ4v) is 4.28. The number of hydrogen-bond donors (Lipinski definition) is 1. The third-order valence-corrected chi connectivity index (χ3v) is 5.16. The highest BCUT2D eigenvalue weighted by molar-refractivity contribution is 7.99. The van der Waals surface area contributed by atoms with Crippen LogP contribution in [-0.4, -0.2) is 41.1 Å². The molecule has 0 amide bonds. The molecule has 3 heteroatoms. The zero-order valence-electron chi connectivity index (χ0n) is 9.17. The van der Waals surface area contributed by atoms with Crippen LogP contribution in [0.2, 0.25) is 0 Å². The lowest BCUT2D eigenvalue weighted by Crippen LogP contribution is -2.58. The quantitative estimate of drug-likeness (QED) is 0.758. The molecular weight excluding hydrogens is 192 g/mol. The fourth-order valence-electron chi connectivity index (χ4n) is 2.98. The summed E-state index contributed by atoms with van der Waals surface area (Å²) in [6, 6.07) is 0.761. The van der Waals surface area contributed by atoms with Gasteiger partial charge in [-0.15, -0.1) is 0 Å². The van der Waals surface area contributed by atoms with E-state index in [9.17, 15) is 0 Å². The van der Waals surface area contributed by atoms with Gasteiger partial charge in [0, 0.05) is 23.9 Å². The molecule has 14 heavy (non-hydrogen) atoms. The van der Waals surface area contributed by atoms with Crippen LogP contribution in [0.4, 0.5) is 0 Å². The maximum absolute atomic E-state index is 6.03. The molecular formula is C11H22N2S. The number of rotatable bonds is 2. The number of likely N-dealkylation sites (tertiary alicyclic amines) is 1. The van der Waals surface area contributed by atoms with Gasteiger partial charge in [0.05, 0.1) is 0 Å². The van der Waals surface area contributed by atoms with Crippen molar-refractivity contribution in [2.45, 2.75) is 44.2 Å². The summed E-state index contributed by atoms with van der Waals surface area (Å²) in [6.45, 7) is 4.49. The average Bonchev–Trinajstić information content (AvgIpc) is 2.66. The number of nitrogens with two attached hydrogens (primary N) is 1. The monoisotopic (exact) mass is 214 g/mol. The molecule has 2 unspecified atom stereocenters. The molecule has 0 radical (unpaired) electrons. The first-order valence-corrected chi connectivity index (χ1v) is 6.98. The Morgan fingerprint density at radius 1 is 1.50 bits per heavy atom. The lowest BCUT2D eigenvalue weighted by Gasteiger charge is -2.46. The van der Waals surface area contributed by atoms with Crippen LogP contribution < -0.4 is 5.73 Å². The summed E-state index contributed by atoms with van der Waals surface area (Å²) >= 11 is 2.09. The van der Waals surface area contributed by atoms with Crippen LogP contribution >= 0.6 is 11.8 Å². The van der Waals surface area contributed by atoms with Crippen molar-refractivity contribution in [2.75, 3.05) is 24.6 Å². The summed E-state index contributed by atoms with van der Waals surface area (Å²) in [5.74, 6) is 2.60. The van der Waals surface area contributed by atoms with E-state index in [1.54, 1.807) is 0 Å². The Morgan fingerprint density at radius 3 is 2.86 bits per heavy atom. The van der Waals surface area contributed by atoms with E-state index in [4.69, 9.17) is 5.73 Å². The summed E-state index contributed by atoms with van der Waals surface area (Å²) < 4.78 is 0. The molecule has 2 aliphatic heterocycles. The van der Waals surface area contributed by atoms with Crippen LogP contribution in [-0.2, 0) is 0 Å². The highest BCUT2D eigenvalue weighted by atomic mass is 32.2. The molecule has 0 aliphatic carbocycles. The van der Waals surface area contributed by atoms with Gasteiger partial charge in [-0.1, -0.05) is 0 Å². The van der Waals surface area contributed by atoms with Gasteiger partial charge in [-0.05, 0) is 44.9 Å². The minimum absolute atomic E-state index is 0.346. The predicted molar refractivity (Wildman–Crippen MR) is 63.7 cm³/mol. The van der Waals surface area contributed by atoms with Crippen molar-refractivity contribution in [3.8, 4) is 0 Å². The first-order chi connectivity index (χ1) is 6.78. The molecule has 0 spiro atoms. The van der Waals surface area contributed by atoms with E-state index < -0.39 is 0 Å². The number of nitrogens with zero attached hydrogens (tertiary/aromatic N) is 1. The van der Waals surface area contributed by atoms with Crippen LogP contribution in [0.3, 0.4) is 0 Å². The van der Waals surface area contributed by atoms with Gasteiger partial charge in [0.2, 0.25) is 0 Å². The summed E-state index contributed by atoms with van der Waals surface area (Å²) in [5.41, 5.74) is 6.37. The molecule has 2 fully saturated rings. The lowest BCUT2D eigenvalue weighted by molar-refractivity contribution is 0.0961. The minimum atomic E-state index is 0.346. The molecule has 2 heterocycles. The normalized spacial score (nSPS) is 40.3. The van der Waals surface area contributed by atoms with Crippen LogP contribution in [0.1, 0.15) is 32.6 Å². The standard InChI is InChI=1S/C11H22N2S/c1-10-4-2-6-13(10)11(8-12)5-3-7-14-9-11/h10H,2-9,12H2,1H3. The van der Waals surface area contributed by atoms with Gasteiger partial charge < -0.3 is 5.73 Å². The van der Waals surface area contributed by atoms with Gasteiger partial charge in [-0.3, -0.25) is 4.90 Å². The third-order valence-electron chi connectivity index (χ3n) is 3.84. The van der Waals surface area contributed by atoms with Crippen molar-refractivity contribution in [1.29, 1.82) is 0 Å². The molecule has 2 atom stereocenters. The lowest BCUT2D eigenvalue weighted by atomic mass is 9.92. The zero-order valence-corrected chi connectivity index (χ0v) is 9.98. The number of hydrogen-bond acceptors (Lipinski definition) is 3. The zero-order chi connectivity index (χ0) is 10.0. The van der Waals surface area contributed by atoms with Crippen LogP contribution in [0.5, 0.6) is 0 Å². The van der Waals surface area contributed by atoms with Gasteiger partial charge in [-0.25, -0.2) is 0 Å². The van der Waals surface area contributed by atoms with Gasteiger partial charge in [0.1, 0.15) is 0 Å². The highest BCUT2D eigenvalue weighted by Gasteiger charge is 2.41. The van der Waals surface area contributed by atoms with E-state index in [0.717, 1.165) is 12.6 Å². The van der Waals surface area contributed by atoms with Gasteiger partial charge >= 0.3 is 0 Å². The Labute approximate surface area is 91.6 Å². The van der Waals surface area contributed by atoms with Crippen molar-refractivity contribution in [2.24, 2.45) is 5.73 Å². The van der Waals surface area contributed by atoms with Crippen molar-refractivity contribution in [3.05, 3.63) is 0 Å². The maximum Gasteiger partial charge on any atom is 0.0425 e. The molecule has 0 saturated carbocycles. The molecule has 0 bridgehead atoms. The molecule has 82 valence electrons. The summed E-state index contributed by atoms with van der Waals surface area (Å²) in [7, 11) is 0. The first kappa shape index (κ1) is 10.8. The Hall–Kier alpha value is 0.270. The largest absolute Gasteiger partial charge is 0.329 e. The van der Waals surface area contributed by atoms with Crippen molar-refractivity contribution >= 4 is 11.8 Å². The Kier molecular flexibility index (Phi) is 3.40. The van der Waals surface area contributed by atoms with Crippen LogP contribution in [0.15, 0.2) is 0 Å². The SMILES string of the molecule is CC1CCCN1C1(CN)CCCSC1. The highest BCUT2D eigenvalue weighted by Crippen LogP contribution is 2.36. The van der Waals surface area contributed by atoms with E-state index >= 15 is 0 Å². The molecule has 2 aliphatic rings. The van der Waals surface area contributed by atoms with E-state index in [1.807, 2.05) is 0 Å². The molecule has 0 aromatic heterocycles. The Morgan fingerprint density at radius 2 is 2.36 bits per heavy atom. The molecule has 2 rings (SSSR count). The summed E-state index contributed by atoms with van der Waals surface area (Å²) in [6.07, 6.45) is 5.41. The Balaban J connectivity index is 2.09.